The predicted octanol–water partition coefficient (Wildman–Crippen LogP) is 7.17. The van der Waals surface area contributed by atoms with Crippen molar-refractivity contribution in [1.82, 2.24) is 4.90 Å². The normalized spacial score (nSPS) is 19.4. The van der Waals surface area contributed by atoms with Crippen LogP contribution < -0.4 is 0 Å². The van der Waals surface area contributed by atoms with Gasteiger partial charge in [-0.05, 0) is 22.3 Å². The summed E-state index contributed by atoms with van der Waals surface area (Å²) in [5.74, 6) is 0. The van der Waals surface area contributed by atoms with Crippen molar-refractivity contribution in [2.45, 2.75) is 37.8 Å². The number of amides is 1. The highest BCUT2D eigenvalue weighted by Crippen LogP contribution is 2.42. The van der Waals surface area contributed by atoms with E-state index in [4.69, 9.17) is 9.47 Å². The van der Waals surface area contributed by atoms with Crippen LogP contribution >= 0.6 is 0 Å². The van der Waals surface area contributed by atoms with Crippen LogP contribution in [-0.4, -0.2) is 29.9 Å². The summed E-state index contributed by atoms with van der Waals surface area (Å²) < 4.78 is 12.5. The molecule has 4 aromatic carbocycles. The van der Waals surface area contributed by atoms with Gasteiger partial charge in [0.2, 0.25) is 0 Å². The van der Waals surface area contributed by atoms with Crippen molar-refractivity contribution < 1.29 is 14.3 Å². The summed E-state index contributed by atoms with van der Waals surface area (Å²) in [6.45, 7) is 1.25. The zero-order chi connectivity index (χ0) is 26.0. The van der Waals surface area contributed by atoms with E-state index in [1.807, 2.05) is 108 Å². The summed E-state index contributed by atoms with van der Waals surface area (Å²) in [6.07, 6.45) is 1.60. The van der Waals surface area contributed by atoms with Crippen molar-refractivity contribution in [2.75, 3.05) is 6.54 Å². The Bertz CT molecular complexity index is 1300. The molecule has 1 aliphatic heterocycles. The van der Waals surface area contributed by atoms with Gasteiger partial charge in [0, 0.05) is 12.6 Å². The predicted molar refractivity (Wildman–Crippen MR) is 150 cm³/mol. The van der Waals surface area contributed by atoms with Gasteiger partial charge in [0.25, 0.3) is 0 Å². The van der Waals surface area contributed by atoms with E-state index >= 15 is 0 Å². The van der Waals surface area contributed by atoms with Gasteiger partial charge in [0.05, 0.1) is 25.2 Å². The standard InChI is InChI=1S/C33H32N2O3/c36-33(37-25-27-15-7-2-8-16-27)35-24-30(21-22-34-23-26-13-5-1-6-14-26)38-32(29-19-11-4-12-20-29)31(35)28-17-9-3-10-18-28/h1-20,22,30-32H,21,23-25H2/t30-,31-,32+/m1/s1. The minimum absolute atomic E-state index is 0.219. The van der Waals surface area contributed by atoms with E-state index in [9.17, 15) is 4.79 Å². The van der Waals surface area contributed by atoms with Gasteiger partial charge in [-0.2, -0.15) is 0 Å². The lowest BCUT2D eigenvalue weighted by atomic mass is 9.92. The second kappa shape index (κ2) is 12.8. The second-order valence-corrected chi connectivity index (χ2v) is 9.38. The SMILES string of the molecule is O=C(OCc1ccccc1)N1C[C@@H](CC=NCc2ccccc2)O[C@@H](c2ccccc2)[C@H]1c1ccccc1. The molecule has 38 heavy (non-hydrogen) atoms. The molecule has 5 nitrogen and oxygen atoms in total. The molecule has 0 aromatic heterocycles. The Morgan fingerprint density at radius 3 is 1.97 bits per heavy atom. The molecule has 1 fully saturated rings. The molecule has 0 N–H and O–H groups in total. The van der Waals surface area contributed by atoms with E-state index in [-0.39, 0.29) is 30.9 Å². The number of nitrogens with zero attached hydrogens (tertiary/aromatic N) is 2. The first-order valence-electron chi connectivity index (χ1n) is 13.0. The summed E-state index contributed by atoms with van der Waals surface area (Å²) in [5, 5.41) is 0. The largest absolute Gasteiger partial charge is 0.445 e. The van der Waals surface area contributed by atoms with Gasteiger partial charge in [-0.3, -0.25) is 9.89 Å². The third kappa shape index (κ3) is 6.55. The van der Waals surface area contributed by atoms with E-state index in [0.29, 0.717) is 19.5 Å². The van der Waals surface area contributed by atoms with Gasteiger partial charge in [0.1, 0.15) is 12.7 Å². The van der Waals surface area contributed by atoms with Crippen molar-refractivity contribution in [1.29, 1.82) is 0 Å². The highest BCUT2D eigenvalue weighted by Gasteiger charge is 2.41. The van der Waals surface area contributed by atoms with Crippen molar-refractivity contribution in [3.05, 3.63) is 144 Å². The Labute approximate surface area is 224 Å². The van der Waals surface area contributed by atoms with Crippen LogP contribution in [0.4, 0.5) is 4.79 Å². The summed E-state index contributed by atoms with van der Waals surface area (Å²) in [5.41, 5.74) is 4.14. The number of aliphatic imine (C=N–C) groups is 1. The van der Waals surface area contributed by atoms with Crippen molar-refractivity contribution in [2.24, 2.45) is 4.99 Å². The molecule has 0 spiro atoms. The third-order valence-electron chi connectivity index (χ3n) is 6.68. The van der Waals surface area contributed by atoms with Crippen LogP contribution in [0.3, 0.4) is 0 Å². The molecule has 0 radical (unpaired) electrons. The molecule has 1 saturated heterocycles. The van der Waals surface area contributed by atoms with Crippen molar-refractivity contribution >= 4 is 12.3 Å². The average Bonchev–Trinajstić information content (AvgIpc) is 2.99. The molecule has 0 unspecified atom stereocenters. The number of benzene rings is 4. The van der Waals surface area contributed by atoms with E-state index in [1.165, 1.54) is 0 Å². The molecular weight excluding hydrogens is 472 g/mol. The van der Waals surface area contributed by atoms with Crippen molar-refractivity contribution in [3.63, 3.8) is 0 Å². The van der Waals surface area contributed by atoms with Gasteiger partial charge >= 0.3 is 6.09 Å². The number of hydrogen-bond donors (Lipinski definition) is 0. The molecular formula is C33H32N2O3. The zero-order valence-electron chi connectivity index (χ0n) is 21.3. The minimum Gasteiger partial charge on any atom is -0.445 e. The number of hydrogen-bond acceptors (Lipinski definition) is 4. The number of rotatable bonds is 8. The number of ether oxygens (including phenoxy) is 2. The van der Waals surface area contributed by atoms with Crippen LogP contribution in [0.25, 0.3) is 0 Å². The Balaban J connectivity index is 1.39. The van der Waals surface area contributed by atoms with Crippen LogP contribution in [-0.2, 0) is 22.6 Å². The molecule has 1 amide bonds. The van der Waals surface area contributed by atoms with Gasteiger partial charge in [-0.25, -0.2) is 4.79 Å². The molecule has 3 atom stereocenters. The molecule has 0 aliphatic carbocycles. The number of carbonyl (C=O) groups excluding carboxylic acids is 1. The first-order chi connectivity index (χ1) is 18.8. The fourth-order valence-electron chi connectivity index (χ4n) is 4.80. The van der Waals surface area contributed by atoms with Gasteiger partial charge < -0.3 is 9.47 Å². The summed E-state index contributed by atoms with van der Waals surface area (Å²) >= 11 is 0. The molecule has 4 aromatic rings. The van der Waals surface area contributed by atoms with Crippen LogP contribution in [0.1, 0.15) is 40.8 Å². The number of morpholine rings is 1. The molecule has 192 valence electrons. The summed E-state index contributed by atoms with van der Waals surface area (Å²) in [6, 6.07) is 39.8. The Hall–Kier alpha value is -4.22. The third-order valence-corrected chi connectivity index (χ3v) is 6.68. The summed E-state index contributed by atoms with van der Waals surface area (Å²) in [7, 11) is 0. The maximum Gasteiger partial charge on any atom is 0.410 e. The fourth-order valence-corrected chi connectivity index (χ4v) is 4.80. The van der Waals surface area contributed by atoms with E-state index in [0.717, 1.165) is 22.3 Å². The highest BCUT2D eigenvalue weighted by atomic mass is 16.6. The average molecular weight is 505 g/mol. The smallest absolute Gasteiger partial charge is 0.410 e. The maximum atomic E-state index is 13.6. The second-order valence-electron chi connectivity index (χ2n) is 9.38. The number of carbonyl (C=O) groups is 1. The Kier molecular flexibility index (Phi) is 8.59. The van der Waals surface area contributed by atoms with Gasteiger partial charge in [-0.15, -0.1) is 0 Å². The van der Waals surface area contributed by atoms with Crippen LogP contribution in [0.5, 0.6) is 0 Å². The molecule has 5 heteroatoms. The van der Waals surface area contributed by atoms with E-state index in [2.05, 4.69) is 29.3 Å². The summed E-state index contributed by atoms with van der Waals surface area (Å²) in [4.78, 5) is 20.1. The van der Waals surface area contributed by atoms with Crippen molar-refractivity contribution in [3.8, 4) is 0 Å². The quantitative estimate of drug-likeness (QED) is 0.239. The topological polar surface area (TPSA) is 51.1 Å². The Morgan fingerprint density at radius 2 is 1.34 bits per heavy atom. The lowest BCUT2D eigenvalue weighted by Crippen LogP contribution is -2.49. The lowest BCUT2D eigenvalue weighted by molar-refractivity contribution is -0.114. The minimum atomic E-state index is -0.349. The highest BCUT2D eigenvalue weighted by molar-refractivity contribution is 5.69. The van der Waals surface area contributed by atoms with Gasteiger partial charge in [0.15, 0.2) is 0 Å². The fraction of sp³-hybridized carbons (Fsp3) is 0.212. The zero-order valence-corrected chi connectivity index (χ0v) is 21.3. The monoisotopic (exact) mass is 504 g/mol. The molecule has 1 heterocycles. The van der Waals surface area contributed by atoms with Gasteiger partial charge in [-0.1, -0.05) is 121 Å². The molecule has 1 aliphatic rings. The molecule has 0 saturated carbocycles. The first-order valence-corrected chi connectivity index (χ1v) is 13.0. The maximum absolute atomic E-state index is 13.6. The van der Waals surface area contributed by atoms with Crippen LogP contribution in [0.2, 0.25) is 0 Å². The Morgan fingerprint density at radius 1 is 0.789 bits per heavy atom. The van der Waals surface area contributed by atoms with E-state index in [1.54, 1.807) is 0 Å². The lowest BCUT2D eigenvalue weighted by Gasteiger charge is -2.44. The van der Waals surface area contributed by atoms with Crippen LogP contribution in [0.15, 0.2) is 126 Å². The first kappa shape index (κ1) is 25.4. The molecule has 5 rings (SSSR count). The van der Waals surface area contributed by atoms with Crippen LogP contribution in [0, 0.1) is 0 Å². The molecule has 0 bridgehead atoms. The van der Waals surface area contributed by atoms with E-state index < -0.39 is 0 Å².